The number of amides is 2. The number of hydrogen-bond acceptors (Lipinski definition) is 4. The summed E-state index contributed by atoms with van der Waals surface area (Å²) in [6.45, 7) is 3.20. The van der Waals surface area contributed by atoms with Gasteiger partial charge in [0.05, 0.1) is 22.3 Å². The van der Waals surface area contributed by atoms with Crippen molar-refractivity contribution >= 4 is 62.5 Å². The van der Waals surface area contributed by atoms with E-state index >= 15 is 0 Å². The molecule has 0 radical (unpaired) electrons. The molecule has 36 heavy (non-hydrogen) atoms. The Bertz CT molecular complexity index is 1110. The Kier molecular flexibility index (Phi) is 8.08. The molecule has 5 rings (SSSR count). The Morgan fingerprint density at radius 2 is 1.64 bits per heavy atom. The fraction of sp³-hybridized carbons (Fsp3) is 0.667. The van der Waals surface area contributed by atoms with Crippen LogP contribution in [-0.2, 0) is 19.8 Å². The molecular weight excluding hydrogens is 547 g/mol. The van der Waals surface area contributed by atoms with E-state index < -0.39 is 10.2 Å². The Morgan fingerprint density at radius 3 is 2.14 bits per heavy atom. The first-order valence-electron chi connectivity index (χ1n) is 12.4. The highest BCUT2D eigenvalue weighted by atomic mass is 35.5. The highest BCUT2D eigenvalue weighted by Gasteiger charge is 2.56. The van der Waals surface area contributed by atoms with Crippen LogP contribution in [0, 0.1) is 23.2 Å². The van der Waals surface area contributed by atoms with Crippen molar-refractivity contribution in [3.05, 3.63) is 27.2 Å². The summed E-state index contributed by atoms with van der Waals surface area (Å²) < 4.78 is 29.4. The number of benzene rings is 1. The van der Waals surface area contributed by atoms with Crippen LogP contribution in [0.3, 0.4) is 0 Å². The van der Waals surface area contributed by atoms with Gasteiger partial charge in [-0.15, -0.1) is 0 Å². The largest absolute Gasteiger partial charge is 0.370 e. The molecule has 2 unspecified atom stereocenters. The topological polar surface area (TPSA) is 113 Å². The second-order valence-electron chi connectivity index (χ2n) is 10.5. The van der Waals surface area contributed by atoms with Gasteiger partial charge in [-0.1, -0.05) is 41.7 Å². The SMILES string of the molecule is CCN(CC(=O)NC1C2CC3CC1CC(CC(N)=O)(C3)C2)S(=O)(=O)N(CC)c1c(Cl)cc(Cl)cc1Cl. The summed E-state index contributed by atoms with van der Waals surface area (Å²) in [7, 11) is -4.11. The maximum atomic E-state index is 13.6. The van der Waals surface area contributed by atoms with E-state index in [0.29, 0.717) is 17.4 Å². The predicted octanol–water partition coefficient (Wildman–Crippen LogP) is 4.23. The molecule has 8 nitrogen and oxygen atoms in total. The van der Waals surface area contributed by atoms with Crippen molar-refractivity contribution in [2.75, 3.05) is 23.9 Å². The summed E-state index contributed by atoms with van der Waals surface area (Å²) in [5.41, 5.74) is 5.63. The van der Waals surface area contributed by atoms with Crippen LogP contribution < -0.4 is 15.4 Å². The smallest absolute Gasteiger partial charge is 0.304 e. The summed E-state index contributed by atoms with van der Waals surface area (Å²) in [4.78, 5) is 24.9. The maximum absolute atomic E-state index is 13.6. The minimum atomic E-state index is -4.11. The number of rotatable bonds is 10. The summed E-state index contributed by atoms with van der Waals surface area (Å²) in [5.74, 6) is 0.526. The van der Waals surface area contributed by atoms with E-state index in [0.717, 1.165) is 40.7 Å². The zero-order valence-electron chi connectivity index (χ0n) is 20.5. The number of nitrogens with two attached hydrogens (primary N) is 1. The zero-order valence-corrected chi connectivity index (χ0v) is 23.6. The van der Waals surface area contributed by atoms with Crippen LogP contribution >= 0.6 is 34.8 Å². The van der Waals surface area contributed by atoms with Gasteiger partial charge in [0.1, 0.15) is 0 Å². The van der Waals surface area contributed by atoms with Gasteiger partial charge < -0.3 is 11.1 Å². The number of nitrogens with one attached hydrogen (secondary N) is 1. The van der Waals surface area contributed by atoms with Gasteiger partial charge >= 0.3 is 10.2 Å². The molecule has 200 valence electrons. The molecule has 0 saturated heterocycles. The highest BCUT2D eigenvalue weighted by molar-refractivity contribution is 7.90. The van der Waals surface area contributed by atoms with E-state index in [-0.39, 0.29) is 70.5 Å². The van der Waals surface area contributed by atoms with E-state index in [1.54, 1.807) is 13.8 Å². The normalized spacial score (nSPS) is 28.9. The molecule has 0 spiro atoms. The predicted molar refractivity (Wildman–Crippen MR) is 142 cm³/mol. The van der Waals surface area contributed by atoms with Gasteiger partial charge in [-0.05, 0) is 74.3 Å². The Hall–Kier alpha value is -1.26. The third-order valence-electron chi connectivity index (χ3n) is 8.07. The first-order chi connectivity index (χ1) is 16.9. The third kappa shape index (κ3) is 5.32. The van der Waals surface area contributed by atoms with Crippen LogP contribution in [0.25, 0.3) is 0 Å². The first kappa shape index (κ1) is 27.8. The average Bonchev–Trinajstić information content (AvgIpc) is 2.75. The molecule has 4 bridgehead atoms. The Labute approximate surface area is 228 Å². The van der Waals surface area contributed by atoms with Crippen LogP contribution in [0.5, 0.6) is 0 Å². The van der Waals surface area contributed by atoms with Gasteiger partial charge in [-0.3, -0.25) is 13.9 Å². The Morgan fingerprint density at radius 1 is 1.06 bits per heavy atom. The lowest BCUT2D eigenvalue weighted by Crippen LogP contribution is -2.60. The van der Waals surface area contributed by atoms with Crippen molar-refractivity contribution in [2.45, 2.75) is 58.4 Å². The summed E-state index contributed by atoms with van der Waals surface area (Å²) >= 11 is 18.6. The summed E-state index contributed by atoms with van der Waals surface area (Å²) in [6, 6.07) is 2.85. The maximum Gasteiger partial charge on any atom is 0.304 e. The number of anilines is 1. The molecule has 1 aromatic carbocycles. The third-order valence-corrected chi connectivity index (χ3v) is 10.9. The van der Waals surface area contributed by atoms with Gasteiger partial charge in [-0.2, -0.15) is 12.7 Å². The first-order valence-corrected chi connectivity index (χ1v) is 14.9. The van der Waals surface area contributed by atoms with Gasteiger partial charge in [-0.25, -0.2) is 0 Å². The van der Waals surface area contributed by atoms with Crippen molar-refractivity contribution in [2.24, 2.45) is 28.9 Å². The molecule has 2 amide bonds. The minimum Gasteiger partial charge on any atom is -0.370 e. The molecule has 0 heterocycles. The number of carbonyl (C=O) groups excluding carboxylic acids is 2. The lowest BCUT2D eigenvalue weighted by molar-refractivity contribution is -0.134. The molecule has 3 N–H and O–H groups in total. The second kappa shape index (κ2) is 10.5. The number of likely N-dealkylation sites (N-methyl/N-ethyl adjacent to an activating group) is 1. The fourth-order valence-corrected chi connectivity index (χ4v) is 9.87. The van der Waals surface area contributed by atoms with Crippen molar-refractivity contribution in [1.82, 2.24) is 9.62 Å². The number of hydrogen-bond donors (Lipinski definition) is 2. The average molecular weight is 580 g/mol. The van der Waals surface area contributed by atoms with Crippen LogP contribution in [-0.4, -0.2) is 50.2 Å². The minimum absolute atomic E-state index is 0.0149. The van der Waals surface area contributed by atoms with E-state index in [1.807, 2.05) is 0 Å². The van der Waals surface area contributed by atoms with Gasteiger partial charge in [0.2, 0.25) is 11.8 Å². The van der Waals surface area contributed by atoms with E-state index in [1.165, 1.54) is 12.1 Å². The van der Waals surface area contributed by atoms with Crippen molar-refractivity contribution in [3.63, 3.8) is 0 Å². The lowest BCUT2D eigenvalue weighted by atomic mass is 9.47. The molecule has 1 aromatic rings. The molecule has 4 fully saturated rings. The summed E-state index contributed by atoms with van der Waals surface area (Å²) in [5, 5.41) is 3.66. The fourth-order valence-electron chi connectivity index (χ4n) is 7.11. The van der Waals surface area contributed by atoms with Gasteiger partial charge in [0.15, 0.2) is 0 Å². The lowest BCUT2D eigenvalue weighted by Gasteiger charge is -2.60. The molecule has 4 aliphatic carbocycles. The molecule has 0 aromatic heterocycles. The molecule has 12 heteroatoms. The van der Waals surface area contributed by atoms with Gasteiger partial charge in [0, 0.05) is 30.6 Å². The number of nitrogens with zero attached hydrogens (tertiary/aromatic N) is 2. The molecule has 2 atom stereocenters. The monoisotopic (exact) mass is 578 g/mol. The zero-order chi connectivity index (χ0) is 26.4. The molecule has 0 aliphatic heterocycles. The second-order valence-corrected chi connectivity index (χ2v) is 13.6. The number of carbonyl (C=O) groups is 2. The highest BCUT2D eigenvalue weighted by Crippen LogP contribution is 2.61. The van der Waals surface area contributed by atoms with Crippen LogP contribution in [0.4, 0.5) is 5.69 Å². The van der Waals surface area contributed by atoms with Crippen molar-refractivity contribution in [1.29, 1.82) is 0 Å². The van der Waals surface area contributed by atoms with Crippen LogP contribution in [0.2, 0.25) is 15.1 Å². The van der Waals surface area contributed by atoms with Gasteiger partial charge in [0.25, 0.3) is 0 Å². The number of primary amides is 1. The van der Waals surface area contributed by atoms with Crippen molar-refractivity contribution < 1.29 is 18.0 Å². The molecular formula is C24H33Cl3N4O4S. The quantitative estimate of drug-likeness (QED) is 0.432. The summed E-state index contributed by atoms with van der Waals surface area (Å²) in [6.07, 6.45) is 5.24. The molecule has 4 aliphatic rings. The number of halogens is 3. The standard InChI is InChI=1S/C24H33Cl3N4O4S/c1-3-30(36(34,35)31(4-2)23-18(26)7-17(25)8-19(23)27)13-21(33)29-22-15-5-14-6-16(22)11-24(9-14,10-15)12-20(28)32/h7-8,14-16,22H,3-6,9-13H2,1-2H3,(H2,28,32)(H,29,33). The molecule has 4 saturated carbocycles. The van der Waals surface area contributed by atoms with E-state index in [4.69, 9.17) is 40.5 Å². The Balaban J connectivity index is 1.48. The van der Waals surface area contributed by atoms with Crippen LogP contribution in [0.15, 0.2) is 12.1 Å². The van der Waals surface area contributed by atoms with Crippen molar-refractivity contribution in [3.8, 4) is 0 Å². The van der Waals surface area contributed by atoms with E-state index in [2.05, 4.69) is 5.32 Å². The van der Waals surface area contributed by atoms with E-state index in [9.17, 15) is 18.0 Å². The van der Waals surface area contributed by atoms with Crippen LogP contribution in [0.1, 0.15) is 52.4 Å².